The normalized spacial score (nSPS) is 19.0. The number of para-hydroxylation sites is 1. The van der Waals surface area contributed by atoms with E-state index >= 15 is 0 Å². The Balaban J connectivity index is 1.46. The van der Waals surface area contributed by atoms with E-state index in [2.05, 4.69) is 4.98 Å². The SMILES string of the molecule is CCc1nc2cc(F)c(F)cc2n1-c1cccc2c1OC[C@H]2N(C(=O)C(F)(F)F)c1ccc2c(c1)OC(C)[C@H]2OC(C)=O. The van der Waals surface area contributed by atoms with Gasteiger partial charge in [-0.1, -0.05) is 19.1 Å². The minimum Gasteiger partial charge on any atom is -0.488 e. The molecule has 0 spiro atoms. The fourth-order valence-corrected chi connectivity index (χ4v) is 5.67. The standard InChI is InChI=1S/C30H24F5N3O5/c1-4-26-36-21-11-19(31)20(32)12-23(21)38(26)22-7-5-6-17-24(13-41-28(17)22)37(29(40)30(33,34)35)16-8-9-18-25(10-16)42-14(2)27(18)43-15(3)39/h5-12,14,24,27H,4,13H2,1-3H3/t14?,24-,27-/m1/s1. The third-order valence-electron chi connectivity index (χ3n) is 7.48. The van der Waals surface area contributed by atoms with Crippen LogP contribution < -0.4 is 14.4 Å². The Morgan fingerprint density at radius 2 is 1.84 bits per heavy atom. The van der Waals surface area contributed by atoms with Crippen molar-refractivity contribution in [1.82, 2.24) is 9.55 Å². The molecule has 1 amide bonds. The number of aromatic nitrogens is 2. The molecular formula is C30H24F5N3O5. The van der Waals surface area contributed by atoms with Crippen LogP contribution in [0.4, 0.5) is 27.6 Å². The first kappa shape index (κ1) is 28.4. The fraction of sp³-hybridized carbons (Fsp3) is 0.300. The highest BCUT2D eigenvalue weighted by molar-refractivity contribution is 5.98. The number of alkyl halides is 3. The first-order valence-corrected chi connectivity index (χ1v) is 13.4. The van der Waals surface area contributed by atoms with Crippen molar-refractivity contribution < 1.29 is 45.8 Å². The largest absolute Gasteiger partial charge is 0.488 e. The Labute approximate surface area is 241 Å². The monoisotopic (exact) mass is 601 g/mol. The quantitative estimate of drug-likeness (QED) is 0.198. The number of esters is 1. The summed E-state index contributed by atoms with van der Waals surface area (Å²) in [6, 6.07) is 9.60. The molecule has 224 valence electrons. The van der Waals surface area contributed by atoms with Gasteiger partial charge in [-0.3, -0.25) is 19.1 Å². The smallest absolute Gasteiger partial charge is 0.471 e. The van der Waals surface area contributed by atoms with E-state index in [-0.39, 0.29) is 40.4 Å². The Kier molecular flexibility index (Phi) is 6.78. The van der Waals surface area contributed by atoms with E-state index in [4.69, 9.17) is 14.2 Å². The van der Waals surface area contributed by atoms with Crippen LogP contribution >= 0.6 is 0 Å². The number of benzene rings is 3. The number of imidazole rings is 1. The Morgan fingerprint density at radius 3 is 2.53 bits per heavy atom. The molecule has 8 nitrogen and oxygen atoms in total. The highest BCUT2D eigenvalue weighted by Crippen LogP contribution is 2.47. The minimum atomic E-state index is -5.23. The third kappa shape index (κ3) is 4.72. The van der Waals surface area contributed by atoms with Crippen molar-refractivity contribution in [2.45, 2.75) is 51.6 Å². The molecule has 4 aromatic rings. The molecule has 1 aromatic heterocycles. The summed E-state index contributed by atoms with van der Waals surface area (Å²) in [5.74, 6) is -4.04. The van der Waals surface area contributed by atoms with E-state index in [1.165, 1.54) is 25.1 Å². The van der Waals surface area contributed by atoms with Gasteiger partial charge in [0.05, 0.1) is 22.8 Å². The summed E-state index contributed by atoms with van der Waals surface area (Å²) in [6.45, 7) is 4.36. The molecule has 1 unspecified atom stereocenters. The maximum Gasteiger partial charge on any atom is 0.471 e. The van der Waals surface area contributed by atoms with Gasteiger partial charge >= 0.3 is 18.1 Å². The van der Waals surface area contributed by atoms with E-state index in [1.54, 1.807) is 36.6 Å². The van der Waals surface area contributed by atoms with Gasteiger partial charge in [-0.15, -0.1) is 0 Å². The van der Waals surface area contributed by atoms with Crippen LogP contribution in [0.2, 0.25) is 0 Å². The Morgan fingerprint density at radius 1 is 1.09 bits per heavy atom. The highest BCUT2D eigenvalue weighted by Gasteiger charge is 2.48. The maximum atomic E-state index is 14.3. The van der Waals surface area contributed by atoms with Crippen LogP contribution in [0.25, 0.3) is 16.7 Å². The second-order valence-electron chi connectivity index (χ2n) is 10.2. The number of amides is 1. The Hall–Kier alpha value is -4.68. The van der Waals surface area contributed by atoms with Crippen LogP contribution in [-0.2, 0) is 20.7 Å². The molecule has 0 aliphatic carbocycles. The Bertz CT molecular complexity index is 1790. The summed E-state index contributed by atoms with van der Waals surface area (Å²) in [5, 5.41) is 0. The van der Waals surface area contributed by atoms with Crippen molar-refractivity contribution in [3.8, 4) is 17.2 Å². The number of nitrogens with zero attached hydrogens (tertiary/aromatic N) is 3. The maximum absolute atomic E-state index is 14.3. The molecule has 43 heavy (non-hydrogen) atoms. The highest BCUT2D eigenvalue weighted by atomic mass is 19.4. The van der Waals surface area contributed by atoms with Gasteiger partial charge in [-0.25, -0.2) is 13.8 Å². The first-order chi connectivity index (χ1) is 20.4. The fourth-order valence-electron chi connectivity index (χ4n) is 5.67. The molecule has 0 bridgehead atoms. The van der Waals surface area contributed by atoms with Gasteiger partial charge in [-0.05, 0) is 25.1 Å². The van der Waals surface area contributed by atoms with Crippen LogP contribution in [0.5, 0.6) is 11.5 Å². The number of hydrogen-bond acceptors (Lipinski definition) is 6. The topological polar surface area (TPSA) is 82.9 Å². The van der Waals surface area contributed by atoms with Crippen molar-refractivity contribution >= 4 is 28.6 Å². The van der Waals surface area contributed by atoms with E-state index in [0.717, 1.165) is 12.1 Å². The van der Waals surface area contributed by atoms with Crippen LogP contribution in [-0.4, -0.2) is 40.3 Å². The molecule has 0 radical (unpaired) electrons. The molecule has 0 saturated carbocycles. The lowest BCUT2D eigenvalue weighted by Crippen LogP contribution is -2.44. The molecule has 2 aliphatic rings. The summed E-state index contributed by atoms with van der Waals surface area (Å²) >= 11 is 0. The van der Waals surface area contributed by atoms with Gasteiger partial charge in [0.15, 0.2) is 17.7 Å². The predicted molar refractivity (Wildman–Crippen MR) is 143 cm³/mol. The molecule has 13 heteroatoms. The predicted octanol–water partition coefficient (Wildman–Crippen LogP) is 6.28. The van der Waals surface area contributed by atoms with Crippen molar-refractivity contribution in [3.63, 3.8) is 0 Å². The molecule has 0 N–H and O–H groups in total. The first-order valence-electron chi connectivity index (χ1n) is 13.4. The van der Waals surface area contributed by atoms with Gasteiger partial charge in [0, 0.05) is 48.4 Å². The zero-order chi connectivity index (χ0) is 30.8. The van der Waals surface area contributed by atoms with Crippen LogP contribution in [0.1, 0.15) is 49.9 Å². The number of carbonyl (C=O) groups is 2. The van der Waals surface area contributed by atoms with Crippen LogP contribution in [0.3, 0.4) is 0 Å². The summed E-state index contributed by atoms with van der Waals surface area (Å²) in [4.78, 5) is 29.5. The number of ether oxygens (including phenoxy) is 3. The summed E-state index contributed by atoms with van der Waals surface area (Å²) < 4.78 is 88.8. The summed E-state index contributed by atoms with van der Waals surface area (Å²) in [6.07, 6.45) is -6.23. The van der Waals surface area contributed by atoms with Crippen molar-refractivity contribution in [2.75, 3.05) is 11.5 Å². The van der Waals surface area contributed by atoms with E-state index in [0.29, 0.717) is 28.4 Å². The summed E-state index contributed by atoms with van der Waals surface area (Å²) in [5.41, 5.74) is 1.40. The molecule has 6 rings (SSSR count). The molecule has 2 aliphatic heterocycles. The number of carbonyl (C=O) groups excluding carboxylic acids is 2. The van der Waals surface area contributed by atoms with E-state index < -0.39 is 47.9 Å². The lowest BCUT2D eigenvalue weighted by atomic mass is 10.0. The van der Waals surface area contributed by atoms with Gasteiger partial charge < -0.3 is 14.2 Å². The average molecular weight is 602 g/mol. The van der Waals surface area contributed by atoms with E-state index in [1.807, 2.05) is 0 Å². The second-order valence-corrected chi connectivity index (χ2v) is 10.2. The molecule has 3 atom stereocenters. The molecule has 3 heterocycles. The van der Waals surface area contributed by atoms with Gasteiger partial charge in [0.25, 0.3) is 0 Å². The molecule has 3 aromatic carbocycles. The van der Waals surface area contributed by atoms with Crippen LogP contribution in [0, 0.1) is 11.6 Å². The minimum absolute atomic E-state index is 0.108. The number of fused-ring (bicyclic) bond motifs is 3. The number of anilines is 1. The number of aryl methyl sites for hydroxylation is 1. The molecular weight excluding hydrogens is 577 g/mol. The lowest BCUT2D eigenvalue weighted by Gasteiger charge is -2.29. The summed E-state index contributed by atoms with van der Waals surface area (Å²) in [7, 11) is 0. The molecule has 0 saturated heterocycles. The van der Waals surface area contributed by atoms with Crippen molar-refractivity contribution in [2.24, 2.45) is 0 Å². The average Bonchev–Trinajstić information content (AvgIpc) is 3.61. The lowest BCUT2D eigenvalue weighted by molar-refractivity contribution is -0.171. The van der Waals surface area contributed by atoms with Crippen molar-refractivity contribution in [3.05, 3.63) is 77.1 Å². The number of rotatable bonds is 5. The zero-order valence-electron chi connectivity index (χ0n) is 23.0. The van der Waals surface area contributed by atoms with E-state index in [9.17, 15) is 31.5 Å². The molecule has 0 fully saturated rings. The van der Waals surface area contributed by atoms with Crippen molar-refractivity contribution in [1.29, 1.82) is 0 Å². The van der Waals surface area contributed by atoms with Crippen LogP contribution in [0.15, 0.2) is 48.5 Å². The zero-order valence-corrected chi connectivity index (χ0v) is 23.0. The van der Waals surface area contributed by atoms with Gasteiger partial charge in [0.1, 0.15) is 30.0 Å². The van der Waals surface area contributed by atoms with Gasteiger partial charge in [-0.2, -0.15) is 13.2 Å². The third-order valence-corrected chi connectivity index (χ3v) is 7.48. The number of halogens is 5. The van der Waals surface area contributed by atoms with Gasteiger partial charge in [0.2, 0.25) is 0 Å². The second kappa shape index (κ2) is 10.2. The number of hydrogen-bond donors (Lipinski definition) is 0.